The molecule has 198 valence electrons. The van der Waals surface area contributed by atoms with Gasteiger partial charge in [-0.1, -0.05) is 30.3 Å². The van der Waals surface area contributed by atoms with E-state index in [1.807, 2.05) is 0 Å². The Labute approximate surface area is 230 Å². The molecular weight excluding hydrogens is 522 g/mol. The summed E-state index contributed by atoms with van der Waals surface area (Å²) in [4.78, 5) is 37.4. The largest absolute Gasteiger partial charge is 0.488 e. The van der Waals surface area contributed by atoms with Crippen molar-refractivity contribution in [2.45, 2.75) is 32.9 Å². The van der Waals surface area contributed by atoms with Gasteiger partial charge in [0.05, 0.1) is 18.7 Å². The Hall–Kier alpha value is -4.15. The second kappa shape index (κ2) is 10.9. The van der Waals surface area contributed by atoms with Crippen LogP contribution in [0.4, 0.5) is 21.5 Å². The van der Waals surface area contributed by atoms with Crippen LogP contribution in [-0.2, 0) is 16.2 Å². The fraction of sp³-hybridized carbons (Fsp3) is 0.185. The van der Waals surface area contributed by atoms with E-state index in [0.717, 1.165) is 6.07 Å². The van der Waals surface area contributed by atoms with Crippen LogP contribution in [0, 0.1) is 19.3 Å². The third kappa shape index (κ3) is 5.39. The molecule has 0 spiro atoms. The van der Waals surface area contributed by atoms with Crippen molar-refractivity contribution in [2.24, 2.45) is 0 Å². The normalized spacial score (nSPS) is 14.4. The lowest BCUT2D eigenvalue weighted by molar-refractivity contribution is -0.120. The van der Waals surface area contributed by atoms with Crippen molar-refractivity contribution in [3.63, 3.8) is 0 Å². The summed E-state index contributed by atoms with van der Waals surface area (Å²) in [7, 11) is -1.59. The molecule has 3 aromatic rings. The Balaban J connectivity index is 1.49. The fourth-order valence-corrected chi connectivity index (χ4v) is 4.74. The SMILES string of the molecule is [C-]#[N+]c1ccc(N2C(=O)C(C)(C)N(c3ccc(C(=O)NOCc4ccc(B(O)O)cc4)c(F)c3)C2=S)cc1C. The van der Waals surface area contributed by atoms with Gasteiger partial charge in [0.2, 0.25) is 0 Å². The molecule has 0 radical (unpaired) electrons. The van der Waals surface area contributed by atoms with Crippen molar-refractivity contribution >= 4 is 58.8 Å². The Morgan fingerprint density at radius 3 is 2.38 bits per heavy atom. The van der Waals surface area contributed by atoms with E-state index in [9.17, 15) is 9.59 Å². The Morgan fingerprint density at radius 1 is 1.13 bits per heavy atom. The van der Waals surface area contributed by atoms with E-state index in [4.69, 9.17) is 33.7 Å². The number of amides is 2. The molecule has 0 saturated carbocycles. The van der Waals surface area contributed by atoms with Crippen LogP contribution in [0.2, 0.25) is 0 Å². The number of benzene rings is 3. The molecule has 3 N–H and O–H groups in total. The molecule has 1 heterocycles. The summed E-state index contributed by atoms with van der Waals surface area (Å²) in [5.74, 6) is -1.96. The van der Waals surface area contributed by atoms with Gasteiger partial charge < -0.3 is 14.9 Å². The first kappa shape index (κ1) is 27.9. The maximum Gasteiger partial charge on any atom is 0.488 e. The average Bonchev–Trinajstić information content (AvgIpc) is 3.07. The Morgan fingerprint density at radius 2 is 1.79 bits per heavy atom. The maximum atomic E-state index is 15.1. The summed E-state index contributed by atoms with van der Waals surface area (Å²) in [6, 6.07) is 15.1. The van der Waals surface area contributed by atoms with Gasteiger partial charge in [0.15, 0.2) is 10.8 Å². The molecule has 0 atom stereocenters. The molecule has 3 aromatic carbocycles. The van der Waals surface area contributed by atoms with Crippen molar-refractivity contribution < 1.29 is 28.9 Å². The number of aryl methyl sites for hydroxylation is 1. The highest BCUT2D eigenvalue weighted by Gasteiger charge is 2.50. The third-order valence-electron chi connectivity index (χ3n) is 6.36. The summed E-state index contributed by atoms with van der Waals surface area (Å²) in [5.41, 5.74) is 3.67. The number of hydrogen-bond acceptors (Lipinski definition) is 6. The number of carbonyl (C=O) groups excluding carboxylic acids is 2. The van der Waals surface area contributed by atoms with Crippen LogP contribution in [0.25, 0.3) is 4.85 Å². The highest BCUT2D eigenvalue weighted by Crippen LogP contribution is 2.38. The fourth-order valence-electron chi connectivity index (χ4n) is 4.21. The van der Waals surface area contributed by atoms with Crippen LogP contribution in [0.1, 0.15) is 35.3 Å². The van der Waals surface area contributed by atoms with E-state index < -0.39 is 24.4 Å². The van der Waals surface area contributed by atoms with Crippen LogP contribution in [0.15, 0.2) is 60.7 Å². The number of hydroxylamine groups is 1. The lowest BCUT2D eigenvalue weighted by atomic mass is 9.80. The van der Waals surface area contributed by atoms with Gasteiger partial charge >= 0.3 is 7.12 Å². The zero-order chi connectivity index (χ0) is 28.5. The quantitative estimate of drug-likeness (QED) is 0.181. The van der Waals surface area contributed by atoms with Gasteiger partial charge in [0, 0.05) is 11.4 Å². The standard InChI is InChI=1S/C27H24BFN4O5S/c1-16-13-19(10-12-23(16)30-4)32-25(35)27(2,3)33(26(32)39)20-9-11-21(22(29)14-20)24(34)31-38-15-17-5-7-18(8-6-17)28(36)37/h5-14,36-37H,15H2,1-3H3,(H,31,34). The highest BCUT2D eigenvalue weighted by atomic mass is 32.1. The number of nitrogens with one attached hydrogen (secondary N) is 1. The topological polar surface area (TPSA) is 107 Å². The van der Waals surface area contributed by atoms with E-state index in [2.05, 4.69) is 10.3 Å². The average molecular weight is 546 g/mol. The third-order valence-corrected chi connectivity index (χ3v) is 6.73. The van der Waals surface area contributed by atoms with E-state index >= 15 is 4.39 Å². The minimum atomic E-state index is -1.59. The van der Waals surface area contributed by atoms with Crippen molar-refractivity contribution in [1.29, 1.82) is 0 Å². The monoisotopic (exact) mass is 546 g/mol. The number of anilines is 2. The summed E-state index contributed by atoms with van der Waals surface area (Å²) >= 11 is 5.63. The first-order chi connectivity index (χ1) is 18.4. The molecule has 12 heteroatoms. The molecule has 4 rings (SSSR count). The number of nitrogens with zero attached hydrogens (tertiary/aromatic N) is 3. The molecule has 1 fully saturated rings. The zero-order valence-electron chi connectivity index (χ0n) is 21.3. The van der Waals surface area contributed by atoms with E-state index in [1.54, 1.807) is 51.1 Å². The van der Waals surface area contributed by atoms with Crippen LogP contribution >= 0.6 is 12.2 Å². The smallest absolute Gasteiger partial charge is 0.423 e. The number of hydrogen-bond donors (Lipinski definition) is 3. The van der Waals surface area contributed by atoms with Gasteiger partial charge in [-0.2, -0.15) is 0 Å². The number of rotatable bonds is 7. The van der Waals surface area contributed by atoms with Crippen molar-refractivity contribution in [3.8, 4) is 0 Å². The van der Waals surface area contributed by atoms with Gasteiger partial charge in [-0.25, -0.2) is 14.7 Å². The second-order valence-electron chi connectivity index (χ2n) is 9.40. The van der Waals surface area contributed by atoms with E-state index in [-0.39, 0.29) is 28.9 Å². The highest BCUT2D eigenvalue weighted by molar-refractivity contribution is 7.81. The molecule has 0 unspecified atom stereocenters. The number of thiocarbonyl (C=S) groups is 1. The molecule has 1 aliphatic rings. The molecule has 1 aliphatic heterocycles. The molecule has 39 heavy (non-hydrogen) atoms. The number of carbonyl (C=O) groups is 2. The van der Waals surface area contributed by atoms with Gasteiger partial charge in [-0.15, -0.1) is 0 Å². The van der Waals surface area contributed by atoms with Gasteiger partial charge in [-0.3, -0.25) is 19.3 Å². The van der Waals surface area contributed by atoms with Gasteiger partial charge in [-0.05, 0) is 79.9 Å². The van der Waals surface area contributed by atoms with E-state index in [0.29, 0.717) is 28.0 Å². The summed E-state index contributed by atoms with van der Waals surface area (Å²) in [6.07, 6.45) is 0. The number of halogens is 1. The Kier molecular flexibility index (Phi) is 7.80. The van der Waals surface area contributed by atoms with Crippen LogP contribution in [0.3, 0.4) is 0 Å². The van der Waals surface area contributed by atoms with Gasteiger partial charge in [0.25, 0.3) is 11.8 Å². The minimum absolute atomic E-state index is 0.0300. The molecule has 9 nitrogen and oxygen atoms in total. The van der Waals surface area contributed by atoms with Crippen LogP contribution in [0.5, 0.6) is 0 Å². The summed E-state index contributed by atoms with van der Waals surface area (Å²) < 4.78 is 15.1. The Bertz CT molecular complexity index is 1510. The molecule has 0 bridgehead atoms. The molecule has 2 amide bonds. The minimum Gasteiger partial charge on any atom is -0.423 e. The second-order valence-corrected chi connectivity index (χ2v) is 9.76. The summed E-state index contributed by atoms with van der Waals surface area (Å²) in [5, 5.41) is 18.4. The maximum absolute atomic E-state index is 15.1. The van der Waals surface area contributed by atoms with E-state index in [1.165, 1.54) is 34.1 Å². The van der Waals surface area contributed by atoms with Crippen molar-refractivity contribution in [2.75, 3.05) is 9.80 Å². The predicted molar refractivity (Wildman–Crippen MR) is 149 cm³/mol. The summed E-state index contributed by atoms with van der Waals surface area (Å²) in [6.45, 7) is 12.3. The zero-order valence-corrected chi connectivity index (χ0v) is 22.1. The lowest BCUT2D eigenvalue weighted by Gasteiger charge is -2.29. The van der Waals surface area contributed by atoms with Crippen LogP contribution < -0.4 is 20.7 Å². The van der Waals surface area contributed by atoms with Crippen molar-refractivity contribution in [3.05, 3.63) is 94.6 Å². The molecule has 1 saturated heterocycles. The molecule has 0 aromatic heterocycles. The van der Waals surface area contributed by atoms with Gasteiger partial charge in [0.1, 0.15) is 11.4 Å². The molecular formula is C27H24BFN4O5S. The predicted octanol–water partition coefficient (Wildman–Crippen LogP) is 3.14. The molecule has 0 aliphatic carbocycles. The lowest BCUT2D eigenvalue weighted by Crippen LogP contribution is -2.44. The van der Waals surface area contributed by atoms with Crippen molar-refractivity contribution in [1.82, 2.24) is 5.48 Å². The first-order valence-electron chi connectivity index (χ1n) is 11.8. The first-order valence-corrected chi connectivity index (χ1v) is 12.2. The van der Waals surface area contributed by atoms with Crippen LogP contribution in [-0.4, -0.2) is 39.6 Å².